The number of hydrogen-bond donors (Lipinski definition) is 0. The van der Waals surface area contributed by atoms with Gasteiger partial charge in [-0.25, -0.2) is 9.97 Å². The van der Waals surface area contributed by atoms with Crippen LogP contribution in [-0.4, -0.2) is 14.5 Å². The molecule has 2 heterocycles. The van der Waals surface area contributed by atoms with E-state index < -0.39 is 5.41 Å². The first kappa shape index (κ1) is 33.1. The predicted molar refractivity (Wildman–Crippen MR) is 246 cm³/mol. The van der Waals surface area contributed by atoms with E-state index in [2.05, 4.69) is 211 Å². The van der Waals surface area contributed by atoms with Crippen LogP contribution in [0.25, 0.3) is 94.4 Å². The molecule has 11 aromatic rings. The molecule has 0 aliphatic heterocycles. The molecule has 3 heteroatoms. The molecule has 1 spiro atoms. The summed E-state index contributed by atoms with van der Waals surface area (Å²) in [5.74, 6) is 0.930. The molecule has 0 atom stereocenters. The third kappa shape index (κ3) is 4.49. The lowest BCUT2D eigenvalue weighted by Crippen LogP contribution is -2.25. The molecule has 13 rings (SSSR count). The van der Waals surface area contributed by atoms with Crippen molar-refractivity contribution in [2.24, 2.45) is 0 Å². The molecule has 2 aliphatic rings. The quantitative estimate of drug-likeness (QED) is 0.167. The van der Waals surface area contributed by atoms with Gasteiger partial charge < -0.3 is 0 Å². The second kappa shape index (κ2) is 12.6. The summed E-state index contributed by atoms with van der Waals surface area (Å²) < 4.78 is 2.25. The van der Waals surface area contributed by atoms with E-state index in [1.54, 1.807) is 0 Å². The number of fused-ring (bicyclic) bond motifs is 15. The Balaban J connectivity index is 0.949. The van der Waals surface area contributed by atoms with Gasteiger partial charge in [0.1, 0.15) is 5.82 Å². The van der Waals surface area contributed by atoms with E-state index in [-0.39, 0.29) is 0 Å². The van der Waals surface area contributed by atoms with Gasteiger partial charge in [-0.1, -0.05) is 182 Å². The molecule has 0 N–H and O–H groups in total. The fourth-order valence-corrected chi connectivity index (χ4v) is 10.5. The fraction of sp³-hybridized carbons (Fsp3) is 0.0175. The number of pyridine rings is 1. The van der Waals surface area contributed by atoms with Crippen LogP contribution in [-0.2, 0) is 5.41 Å². The minimum atomic E-state index is -0.400. The highest BCUT2D eigenvalue weighted by Gasteiger charge is 2.52. The molecule has 0 amide bonds. The maximum Gasteiger partial charge on any atom is 0.145 e. The second-order valence-electron chi connectivity index (χ2n) is 16.0. The minimum Gasteiger partial charge on any atom is -0.292 e. The second-order valence-corrected chi connectivity index (χ2v) is 16.0. The number of aromatic nitrogens is 3. The lowest BCUT2D eigenvalue weighted by atomic mass is 9.70. The number of imidazole rings is 1. The van der Waals surface area contributed by atoms with Crippen molar-refractivity contribution in [2.45, 2.75) is 5.41 Å². The highest BCUT2D eigenvalue weighted by Crippen LogP contribution is 2.64. The Hall–Kier alpha value is -7.88. The van der Waals surface area contributed by atoms with Gasteiger partial charge in [0.25, 0.3) is 0 Å². The average Bonchev–Trinajstić information content (AvgIpc) is 3.96. The minimum absolute atomic E-state index is 0.400. The molecule has 3 nitrogen and oxygen atoms in total. The molecule has 0 fully saturated rings. The highest BCUT2D eigenvalue weighted by atomic mass is 15.1. The molecule has 0 saturated carbocycles. The van der Waals surface area contributed by atoms with Crippen molar-refractivity contribution in [2.75, 3.05) is 0 Å². The van der Waals surface area contributed by atoms with Crippen molar-refractivity contribution in [1.29, 1.82) is 0 Å². The molecule has 0 radical (unpaired) electrons. The molecular weight excluding hydrogens is 727 g/mol. The van der Waals surface area contributed by atoms with E-state index in [0.29, 0.717) is 0 Å². The van der Waals surface area contributed by atoms with Crippen LogP contribution in [0.15, 0.2) is 212 Å². The smallest absolute Gasteiger partial charge is 0.145 e. The van der Waals surface area contributed by atoms with Gasteiger partial charge in [0, 0.05) is 33.0 Å². The molecule has 2 aliphatic carbocycles. The lowest BCUT2D eigenvalue weighted by molar-refractivity contribution is 0.794. The van der Waals surface area contributed by atoms with Gasteiger partial charge in [-0.05, 0) is 86.0 Å². The first-order valence-electron chi connectivity index (χ1n) is 20.7. The summed E-state index contributed by atoms with van der Waals surface area (Å²) >= 11 is 0. The largest absolute Gasteiger partial charge is 0.292 e. The van der Waals surface area contributed by atoms with Gasteiger partial charge >= 0.3 is 0 Å². The Bertz CT molecular complexity index is 3480. The lowest BCUT2D eigenvalue weighted by Gasteiger charge is -2.30. The Morgan fingerprint density at radius 2 is 0.883 bits per heavy atom. The Morgan fingerprint density at radius 1 is 0.350 bits per heavy atom. The van der Waals surface area contributed by atoms with Crippen molar-refractivity contribution in [3.8, 4) is 61.7 Å². The first-order chi connectivity index (χ1) is 29.8. The molecule has 0 bridgehead atoms. The molecular formula is C57H35N3. The van der Waals surface area contributed by atoms with Crippen LogP contribution in [0.2, 0.25) is 0 Å². The average molecular weight is 762 g/mol. The Labute approximate surface area is 347 Å². The molecule has 60 heavy (non-hydrogen) atoms. The van der Waals surface area contributed by atoms with Crippen LogP contribution in [0, 0.1) is 0 Å². The van der Waals surface area contributed by atoms with Gasteiger partial charge in [-0.2, -0.15) is 0 Å². The summed E-state index contributed by atoms with van der Waals surface area (Å²) in [5, 5.41) is 3.61. The molecule has 9 aromatic carbocycles. The summed E-state index contributed by atoms with van der Waals surface area (Å²) in [5.41, 5.74) is 19.9. The van der Waals surface area contributed by atoms with Crippen LogP contribution in [0.5, 0.6) is 0 Å². The SMILES string of the molecule is c1ccc(-n2c(-c3ccc(-c4ccc(-c5nc6ccccc6c6c7c(ccc56)C5(c6ccccc6-c6ccccc65)c5ccccc5-7)cc4)cc3)nc3ccccc32)cc1. The molecule has 2 aromatic heterocycles. The standard InChI is InChI=1S/C57H35N3/c1-2-14-40(15-3-1)60-52-25-13-12-24-51(52)59-56(60)39-32-28-37(29-33-39)36-26-30-38(31-27-36)55-45-34-35-49-54(53(45)44-19-7-11-23-50(44)58-55)43-18-6-10-22-48(43)57(49)46-20-8-4-16-41(46)42-17-5-9-21-47(42)57/h1-35H. The van der Waals surface area contributed by atoms with Gasteiger partial charge in [-0.3, -0.25) is 4.57 Å². The molecule has 0 unspecified atom stereocenters. The maximum absolute atomic E-state index is 5.41. The van der Waals surface area contributed by atoms with Gasteiger partial charge in [-0.15, -0.1) is 0 Å². The third-order valence-corrected chi connectivity index (χ3v) is 13.0. The van der Waals surface area contributed by atoms with Crippen molar-refractivity contribution in [3.05, 3.63) is 235 Å². The fourth-order valence-electron chi connectivity index (χ4n) is 10.5. The van der Waals surface area contributed by atoms with Gasteiger partial charge in [0.15, 0.2) is 0 Å². The zero-order valence-electron chi connectivity index (χ0n) is 32.5. The van der Waals surface area contributed by atoms with Gasteiger partial charge in [0.2, 0.25) is 0 Å². The van der Waals surface area contributed by atoms with E-state index in [0.717, 1.165) is 61.4 Å². The maximum atomic E-state index is 5.41. The number of benzene rings is 9. The topological polar surface area (TPSA) is 30.7 Å². The summed E-state index contributed by atoms with van der Waals surface area (Å²) in [6.45, 7) is 0. The van der Waals surface area contributed by atoms with Crippen LogP contribution in [0.4, 0.5) is 0 Å². The number of para-hydroxylation sites is 4. The van der Waals surface area contributed by atoms with Crippen molar-refractivity contribution < 1.29 is 0 Å². The van der Waals surface area contributed by atoms with Crippen LogP contribution in [0.1, 0.15) is 22.3 Å². The Morgan fingerprint density at radius 3 is 1.58 bits per heavy atom. The monoisotopic (exact) mass is 761 g/mol. The van der Waals surface area contributed by atoms with Crippen LogP contribution >= 0.6 is 0 Å². The zero-order valence-corrected chi connectivity index (χ0v) is 32.5. The third-order valence-electron chi connectivity index (χ3n) is 13.0. The Kier molecular flexibility index (Phi) is 6.93. The van der Waals surface area contributed by atoms with E-state index in [4.69, 9.17) is 9.97 Å². The van der Waals surface area contributed by atoms with Crippen LogP contribution < -0.4 is 0 Å². The van der Waals surface area contributed by atoms with Crippen molar-refractivity contribution in [1.82, 2.24) is 14.5 Å². The number of hydrogen-bond acceptors (Lipinski definition) is 2. The summed E-state index contributed by atoms with van der Waals surface area (Å²) in [7, 11) is 0. The van der Waals surface area contributed by atoms with E-state index in [1.807, 2.05) is 6.07 Å². The summed E-state index contributed by atoms with van der Waals surface area (Å²) in [4.78, 5) is 10.5. The highest BCUT2D eigenvalue weighted by molar-refractivity contribution is 6.20. The van der Waals surface area contributed by atoms with Crippen LogP contribution in [0.3, 0.4) is 0 Å². The van der Waals surface area contributed by atoms with Crippen molar-refractivity contribution in [3.63, 3.8) is 0 Å². The first-order valence-corrected chi connectivity index (χ1v) is 20.7. The van der Waals surface area contributed by atoms with E-state index >= 15 is 0 Å². The van der Waals surface area contributed by atoms with E-state index in [9.17, 15) is 0 Å². The van der Waals surface area contributed by atoms with Crippen molar-refractivity contribution >= 4 is 32.7 Å². The molecule has 278 valence electrons. The summed E-state index contributed by atoms with van der Waals surface area (Å²) in [6.07, 6.45) is 0. The zero-order chi connectivity index (χ0) is 39.4. The molecule has 0 saturated heterocycles. The van der Waals surface area contributed by atoms with E-state index in [1.165, 1.54) is 55.3 Å². The normalized spacial score (nSPS) is 13.1. The predicted octanol–water partition coefficient (Wildman–Crippen LogP) is 14.1. The number of nitrogens with zero attached hydrogens (tertiary/aromatic N) is 3. The summed E-state index contributed by atoms with van der Waals surface area (Å²) in [6, 6.07) is 77.1. The van der Waals surface area contributed by atoms with Gasteiger partial charge in [0.05, 0.1) is 27.7 Å². The number of rotatable bonds is 4.